The molecule has 1 rings (SSSR count). The summed E-state index contributed by atoms with van der Waals surface area (Å²) in [6.07, 6.45) is 0. The van der Waals surface area contributed by atoms with Crippen LogP contribution in [0.15, 0.2) is 15.4 Å². The Balaban J connectivity index is 2.75. The Morgan fingerprint density at radius 3 is 2.86 bits per heavy atom. The van der Waals surface area contributed by atoms with Gasteiger partial charge in [-0.05, 0) is 5.10 Å². The Kier molecular flexibility index (Phi) is 0.805. The molecule has 5 nitrogen and oxygen atoms in total. The van der Waals surface area contributed by atoms with Gasteiger partial charge in [-0.2, -0.15) is 5.26 Å². The molecule has 0 aromatic carbocycles. The zero-order valence-electron chi connectivity index (χ0n) is 3.37. The van der Waals surface area contributed by atoms with E-state index in [-0.39, 0.29) is 5.84 Å². The van der Waals surface area contributed by atoms with Crippen molar-refractivity contribution < 1.29 is 5.53 Å². The van der Waals surface area contributed by atoms with E-state index in [1.54, 1.807) is 6.07 Å². The lowest BCUT2D eigenvalue weighted by Gasteiger charge is -1.58. The molecule has 0 radical (unpaired) electrons. The minimum absolute atomic E-state index is 0.125. The molecule has 0 atom stereocenters. The van der Waals surface area contributed by atoms with Crippen LogP contribution < -0.4 is 5.53 Å². The van der Waals surface area contributed by atoms with Crippen LogP contribution in [0.3, 0.4) is 0 Å². The van der Waals surface area contributed by atoms with Gasteiger partial charge in [-0.1, -0.05) is 10.6 Å². The molecular formula is C2H2N5+. The standard InChI is InChI=1S/C2HN5/c3-1-2-4-6-7-5-2/h(H,4,5,6,7)/p+1. The fourth-order valence-electron chi connectivity index (χ4n) is 0.238. The molecule has 1 aliphatic heterocycles. The van der Waals surface area contributed by atoms with Gasteiger partial charge in [0.15, 0.2) is 0 Å². The number of amidine groups is 1. The number of nitrogens with two attached hydrogens (primary N) is 1. The summed E-state index contributed by atoms with van der Waals surface area (Å²) in [6.45, 7) is 0. The van der Waals surface area contributed by atoms with Gasteiger partial charge >= 0.3 is 5.84 Å². The van der Waals surface area contributed by atoms with Crippen molar-refractivity contribution in [2.75, 3.05) is 0 Å². The van der Waals surface area contributed by atoms with Crippen LogP contribution in [0.5, 0.6) is 0 Å². The molecule has 34 valence electrons. The largest absolute Gasteiger partial charge is 0.312 e. The van der Waals surface area contributed by atoms with E-state index >= 15 is 0 Å². The summed E-state index contributed by atoms with van der Waals surface area (Å²) in [5.41, 5.74) is 1.23. The molecule has 0 aliphatic carbocycles. The molecule has 0 spiro atoms. The molecule has 0 aromatic rings. The van der Waals surface area contributed by atoms with Crippen molar-refractivity contribution in [3.05, 3.63) is 0 Å². The topological polar surface area (TPSA) is 77.5 Å². The first kappa shape index (κ1) is 3.89. The third-order valence-electron chi connectivity index (χ3n) is 0.484. The van der Waals surface area contributed by atoms with Crippen LogP contribution in [0.1, 0.15) is 0 Å². The first-order valence-corrected chi connectivity index (χ1v) is 1.64. The minimum atomic E-state index is 0.125. The van der Waals surface area contributed by atoms with E-state index in [1.165, 1.54) is 5.53 Å². The van der Waals surface area contributed by atoms with Crippen molar-refractivity contribution in [2.24, 2.45) is 15.4 Å². The maximum Gasteiger partial charge on any atom is 0.312 e. The molecule has 0 aromatic heterocycles. The monoisotopic (exact) mass is 96.0 g/mol. The van der Waals surface area contributed by atoms with Crippen LogP contribution in [0.4, 0.5) is 0 Å². The lowest BCUT2D eigenvalue weighted by molar-refractivity contribution is -0.668. The Hall–Kier alpha value is -1.28. The highest BCUT2D eigenvalue weighted by molar-refractivity contribution is 5.96. The lowest BCUT2D eigenvalue weighted by atomic mass is 10.7. The number of nitriles is 1. The van der Waals surface area contributed by atoms with E-state index < -0.39 is 0 Å². The van der Waals surface area contributed by atoms with Gasteiger partial charge in [0.2, 0.25) is 0 Å². The summed E-state index contributed by atoms with van der Waals surface area (Å²) in [5.74, 6) is 0.125. The molecule has 7 heavy (non-hydrogen) atoms. The molecule has 2 N–H and O–H groups in total. The van der Waals surface area contributed by atoms with Crippen molar-refractivity contribution in [2.45, 2.75) is 0 Å². The van der Waals surface area contributed by atoms with Crippen molar-refractivity contribution in [3.8, 4) is 6.07 Å². The van der Waals surface area contributed by atoms with E-state index in [1.807, 2.05) is 0 Å². The van der Waals surface area contributed by atoms with E-state index in [9.17, 15) is 0 Å². The van der Waals surface area contributed by atoms with Gasteiger partial charge in [0.1, 0.15) is 6.07 Å². The summed E-state index contributed by atoms with van der Waals surface area (Å²) in [5, 5.41) is 18.1. The maximum absolute atomic E-state index is 8.01. The van der Waals surface area contributed by atoms with Gasteiger partial charge in [0.25, 0.3) is 0 Å². The highest BCUT2D eigenvalue weighted by atomic mass is 15.6. The van der Waals surface area contributed by atoms with Crippen LogP contribution in [0, 0.1) is 11.3 Å². The minimum Gasteiger partial charge on any atom is -0.189 e. The fourth-order valence-corrected chi connectivity index (χ4v) is 0.238. The summed E-state index contributed by atoms with van der Waals surface area (Å²) >= 11 is 0. The summed E-state index contributed by atoms with van der Waals surface area (Å²) in [7, 11) is 0. The quantitative estimate of drug-likeness (QED) is 0.376. The summed E-state index contributed by atoms with van der Waals surface area (Å²) in [4.78, 5) is 0. The zero-order chi connectivity index (χ0) is 5.11. The van der Waals surface area contributed by atoms with Gasteiger partial charge in [-0.25, -0.2) is 0 Å². The average Bonchev–Trinajstić information content (AvgIpc) is 2.14. The third kappa shape index (κ3) is 0.586. The van der Waals surface area contributed by atoms with Crippen LogP contribution >= 0.6 is 0 Å². The zero-order valence-corrected chi connectivity index (χ0v) is 3.37. The van der Waals surface area contributed by atoms with Crippen molar-refractivity contribution in [1.29, 1.82) is 5.26 Å². The van der Waals surface area contributed by atoms with Gasteiger partial charge < -0.3 is 0 Å². The normalized spacial score (nSPS) is 16.1. The van der Waals surface area contributed by atoms with Crippen LogP contribution in [0.25, 0.3) is 0 Å². The molecule has 0 unspecified atom stereocenters. The number of quaternary nitrogens is 1. The number of rotatable bonds is 0. The third-order valence-corrected chi connectivity index (χ3v) is 0.484. The predicted octanol–water partition coefficient (Wildman–Crippen LogP) is -1.23. The Labute approximate surface area is 39.3 Å². The molecule has 0 fully saturated rings. The highest BCUT2D eigenvalue weighted by Crippen LogP contribution is 1.76. The first-order chi connectivity index (χ1) is 3.43. The Morgan fingerprint density at radius 1 is 1.71 bits per heavy atom. The highest BCUT2D eigenvalue weighted by Gasteiger charge is 2.01. The molecule has 0 amide bonds. The summed E-state index contributed by atoms with van der Waals surface area (Å²) < 4.78 is 0. The number of hydrogen-bond acceptors (Lipinski definition) is 4. The van der Waals surface area contributed by atoms with Gasteiger partial charge in [-0.15, -0.1) is 0 Å². The summed E-state index contributed by atoms with van der Waals surface area (Å²) in [6, 6.07) is 1.72. The smallest absolute Gasteiger partial charge is 0.189 e. The van der Waals surface area contributed by atoms with Gasteiger partial charge in [-0.3, -0.25) is 0 Å². The van der Waals surface area contributed by atoms with Gasteiger partial charge in [0, 0.05) is 0 Å². The van der Waals surface area contributed by atoms with Crippen molar-refractivity contribution >= 4 is 5.84 Å². The van der Waals surface area contributed by atoms with E-state index in [4.69, 9.17) is 5.26 Å². The number of nitrogens with zero attached hydrogens (tertiary/aromatic N) is 4. The maximum atomic E-state index is 8.01. The molecule has 1 heterocycles. The van der Waals surface area contributed by atoms with Crippen LogP contribution in [-0.2, 0) is 0 Å². The van der Waals surface area contributed by atoms with E-state index in [0.29, 0.717) is 0 Å². The van der Waals surface area contributed by atoms with Crippen molar-refractivity contribution in [1.82, 2.24) is 0 Å². The van der Waals surface area contributed by atoms with Crippen LogP contribution in [-0.4, -0.2) is 5.84 Å². The molecule has 5 heteroatoms. The van der Waals surface area contributed by atoms with Crippen LogP contribution in [0.2, 0.25) is 0 Å². The SMILES string of the molecule is N#CC1=N[NH2+]N=N1. The second-order valence-electron chi connectivity index (χ2n) is 0.895. The lowest BCUT2D eigenvalue weighted by Crippen LogP contribution is -2.69. The second-order valence-corrected chi connectivity index (χ2v) is 0.895. The number of hydrogen-bond donors (Lipinski definition) is 1. The fraction of sp³-hybridized carbons (Fsp3) is 0. The van der Waals surface area contributed by atoms with Gasteiger partial charge in [0.05, 0.1) is 5.22 Å². The molecular weight excluding hydrogens is 94.1 g/mol. The Morgan fingerprint density at radius 2 is 2.57 bits per heavy atom. The van der Waals surface area contributed by atoms with Crippen molar-refractivity contribution in [3.63, 3.8) is 0 Å². The molecule has 0 saturated heterocycles. The molecule has 0 bridgehead atoms. The average molecular weight is 96.1 g/mol. The van der Waals surface area contributed by atoms with E-state index in [2.05, 4.69) is 15.4 Å². The molecule has 1 aliphatic rings. The predicted molar refractivity (Wildman–Crippen MR) is 19.8 cm³/mol. The molecule has 0 saturated carbocycles. The second kappa shape index (κ2) is 1.45. The Bertz CT molecular complexity index is 159. The first-order valence-electron chi connectivity index (χ1n) is 1.64. The van der Waals surface area contributed by atoms with E-state index in [0.717, 1.165) is 0 Å².